The fourth-order valence-electron chi connectivity index (χ4n) is 2.14. The molecule has 0 fully saturated rings. The molecule has 0 radical (unpaired) electrons. The van der Waals surface area contributed by atoms with Crippen LogP contribution in [0, 0.1) is 13.8 Å². The summed E-state index contributed by atoms with van der Waals surface area (Å²) < 4.78 is 7.21. The summed E-state index contributed by atoms with van der Waals surface area (Å²) in [6.07, 6.45) is 3.34. The lowest BCUT2D eigenvalue weighted by Gasteiger charge is -2.23. The molecule has 0 saturated carbocycles. The van der Waals surface area contributed by atoms with Gasteiger partial charge in [-0.05, 0) is 50.1 Å². The highest BCUT2D eigenvalue weighted by Gasteiger charge is 2.19. The Morgan fingerprint density at radius 3 is 2.40 bits per heavy atom. The van der Waals surface area contributed by atoms with Crippen molar-refractivity contribution in [2.24, 2.45) is 5.73 Å². The first-order valence-corrected chi connectivity index (χ1v) is 7.37. The number of hydrogen-bond donors (Lipinski definition) is 1. The molecule has 1 aromatic heterocycles. The molecule has 20 heavy (non-hydrogen) atoms. The Labute approximate surface area is 128 Å². The van der Waals surface area contributed by atoms with Crippen LogP contribution in [0.25, 0.3) is 0 Å². The molecule has 2 N–H and O–H groups in total. The zero-order valence-electron chi connectivity index (χ0n) is 11.9. The molecule has 1 heterocycles. The molecule has 2 rings (SSSR count). The molecule has 4 heteroatoms. The Kier molecular flexibility index (Phi) is 4.78. The molecule has 106 valence electrons. The van der Waals surface area contributed by atoms with Gasteiger partial charge in [0.2, 0.25) is 0 Å². The Morgan fingerprint density at radius 2 is 1.90 bits per heavy atom. The van der Waals surface area contributed by atoms with E-state index < -0.39 is 0 Å². The molecule has 2 unspecified atom stereocenters. The van der Waals surface area contributed by atoms with Gasteiger partial charge in [0.25, 0.3) is 0 Å². The third kappa shape index (κ3) is 3.38. The van der Waals surface area contributed by atoms with Gasteiger partial charge in [-0.2, -0.15) is 0 Å². The number of benzene rings is 1. The van der Waals surface area contributed by atoms with Crippen LogP contribution in [-0.2, 0) is 0 Å². The molecule has 0 spiro atoms. The molecule has 0 aliphatic carbocycles. The summed E-state index contributed by atoms with van der Waals surface area (Å²) in [4.78, 5) is 4.14. The van der Waals surface area contributed by atoms with Gasteiger partial charge in [0.05, 0.1) is 0 Å². The number of nitrogens with two attached hydrogens (primary N) is 1. The zero-order valence-corrected chi connectivity index (χ0v) is 13.5. The van der Waals surface area contributed by atoms with Crippen LogP contribution in [0.15, 0.2) is 41.1 Å². The van der Waals surface area contributed by atoms with Crippen LogP contribution in [0.1, 0.15) is 29.7 Å². The van der Waals surface area contributed by atoms with Gasteiger partial charge in [-0.3, -0.25) is 4.98 Å². The first-order chi connectivity index (χ1) is 9.49. The fourth-order valence-corrected chi connectivity index (χ4v) is 2.37. The van der Waals surface area contributed by atoms with E-state index in [1.807, 2.05) is 31.2 Å². The van der Waals surface area contributed by atoms with Crippen LogP contribution >= 0.6 is 15.9 Å². The summed E-state index contributed by atoms with van der Waals surface area (Å²) in [5.41, 5.74) is 9.34. The van der Waals surface area contributed by atoms with Crippen LogP contribution in [0.5, 0.6) is 5.75 Å². The van der Waals surface area contributed by atoms with Crippen LogP contribution in [-0.4, -0.2) is 11.0 Å². The molecular weight excluding hydrogens is 316 g/mol. The van der Waals surface area contributed by atoms with E-state index in [9.17, 15) is 0 Å². The molecular formula is C16H19BrN2O. The highest BCUT2D eigenvalue weighted by molar-refractivity contribution is 9.10. The molecule has 2 aromatic rings. The number of pyridine rings is 1. The summed E-state index contributed by atoms with van der Waals surface area (Å²) in [6, 6.07) is 7.79. The molecule has 3 nitrogen and oxygen atoms in total. The summed E-state index contributed by atoms with van der Waals surface area (Å²) in [5.74, 6) is 0.828. The van der Waals surface area contributed by atoms with Crippen molar-refractivity contribution in [3.8, 4) is 5.75 Å². The van der Waals surface area contributed by atoms with Gasteiger partial charge in [0.15, 0.2) is 0 Å². The Morgan fingerprint density at radius 1 is 1.25 bits per heavy atom. The lowest BCUT2D eigenvalue weighted by molar-refractivity contribution is 0.180. The van der Waals surface area contributed by atoms with Crippen LogP contribution < -0.4 is 10.5 Å². The minimum Gasteiger partial charge on any atom is -0.484 e. The summed E-state index contributed by atoms with van der Waals surface area (Å²) in [5, 5.41) is 0. The van der Waals surface area contributed by atoms with Gasteiger partial charge in [-0.15, -0.1) is 0 Å². The second kappa shape index (κ2) is 6.37. The average Bonchev–Trinajstić information content (AvgIpc) is 2.42. The normalized spacial score (nSPS) is 13.8. The highest BCUT2D eigenvalue weighted by Crippen LogP contribution is 2.30. The minimum atomic E-state index is -0.205. The minimum absolute atomic E-state index is 0.122. The van der Waals surface area contributed by atoms with Crippen LogP contribution in [0.3, 0.4) is 0 Å². The molecule has 0 saturated heterocycles. The lowest BCUT2D eigenvalue weighted by Crippen LogP contribution is -2.29. The van der Waals surface area contributed by atoms with Crippen molar-refractivity contribution in [1.82, 2.24) is 4.98 Å². The summed E-state index contributed by atoms with van der Waals surface area (Å²) in [6.45, 7) is 6.04. The van der Waals surface area contributed by atoms with E-state index in [1.165, 1.54) is 0 Å². The zero-order chi connectivity index (χ0) is 14.7. The van der Waals surface area contributed by atoms with Gasteiger partial charge in [-0.25, -0.2) is 0 Å². The predicted molar refractivity (Wildman–Crippen MR) is 84.9 cm³/mol. The van der Waals surface area contributed by atoms with Gasteiger partial charge < -0.3 is 10.5 Å². The Balaban J connectivity index is 2.30. The smallest absolute Gasteiger partial charge is 0.140 e. The van der Waals surface area contributed by atoms with E-state index in [2.05, 4.69) is 34.8 Å². The van der Waals surface area contributed by atoms with E-state index in [0.29, 0.717) is 0 Å². The molecule has 2 atom stereocenters. The van der Waals surface area contributed by atoms with Crippen molar-refractivity contribution in [2.45, 2.75) is 32.9 Å². The van der Waals surface area contributed by atoms with Crippen molar-refractivity contribution in [3.63, 3.8) is 0 Å². The molecule has 0 aliphatic rings. The average molecular weight is 335 g/mol. The monoisotopic (exact) mass is 334 g/mol. The number of nitrogens with zero attached hydrogens (tertiary/aromatic N) is 1. The maximum absolute atomic E-state index is 6.09. The highest BCUT2D eigenvalue weighted by atomic mass is 79.9. The van der Waals surface area contributed by atoms with Gasteiger partial charge in [-0.1, -0.05) is 22.0 Å². The number of hydrogen-bond acceptors (Lipinski definition) is 3. The number of ether oxygens (including phenoxy) is 1. The predicted octanol–water partition coefficient (Wildman–Crippen LogP) is 3.93. The third-order valence-electron chi connectivity index (χ3n) is 3.16. The molecule has 0 aliphatic heterocycles. The second-order valence-electron chi connectivity index (χ2n) is 5.05. The number of aromatic nitrogens is 1. The second-order valence-corrected chi connectivity index (χ2v) is 5.85. The van der Waals surface area contributed by atoms with Crippen LogP contribution in [0.4, 0.5) is 0 Å². The molecule has 0 amide bonds. The van der Waals surface area contributed by atoms with Gasteiger partial charge in [0, 0.05) is 28.5 Å². The molecule has 1 aromatic carbocycles. The van der Waals surface area contributed by atoms with Crippen molar-refractivity contribution >= 4 is 15.9 Å². The van der Waals surface area contributed by atoms with E-state index in [4.69, 9.17) is 10.5 Å². The topological polar surface area (TPSA) is 48.1 Å². The van der Waals surface area contributed by atoms with E-state index in [0.717, 1.165) is 26.9 Å². The van der Waals surface area contributed by atoms with E-state index >= 15 is 0 Å². The standard InChI is InChI=1S/C16H19BrN2O/c1-10-7-14(8-11(2)15(10)17)20-16(12(3)18)13-5-4-6-19-9-13/h4-9,12,16H,18H2,1-3H3. The fraction of sp³-hybridized carbons (Fsp3) is 0.312. The SMILES string of the molecule is Cc1cc(OC(c2cccnc2)C(C)N)cc(C)c1Br. The van der Waals surface area contributed by atoms with E-state index in [1.54, 1.807) is 12.4 Å². The largest absolute Gasteiger partial charge is 0.484 e. The van der Waals surface area contributed by atoms with Crippen molar-refractivity contribution in [1.29, 1.82) is 0 Å². The van der Waals surface area contributed by atoms with Gasteiger partial charge >= 0.3 is 0 Å². The van der Waals surface area contributed by atoms with Crippen LogP contribution in [0.2, 0.25) is 0 Å². The van der Waals surface area contributed by atoms with E-state index in [-0.39, 0.29) is 12.1 Å². The van der Waals surface area contributed by atoms with Gasteiger partial charge in [0.1, 0.15) is 11.9 Å². The maximum atomic E-state index is 6.09. The quantitative estimate of drug-likeness (QED) is 0.921. The lowest BCUT2D eigenvalue weighted by atomic mass is 10.1. The Bertz CT molecular complexity index is 561. The number of aryl methyl sites for hydroxylation is 2. The third-order valence-corrected chi connectivity index (χ3v) is 4.41. The van der Waals surface area contributed by atoms with Crippen molar-refractivity contribution < 1.29 is 4.74 Å². The first kappa shape index (κ1) is 15.0. The molecule has 0 bridgehead atoms. The first-order valence-electron chi connectivity index (χ1n) is 6.58. The Hall–Kier alpha value is -1.39. The number of halogens is 1. The summed E-state index contributed by atoms with van der Waals surface area (Å²) >= 11 is 3.56. The van der Waals surface area contributed by atoms with Crippen molar-refractivity contribution in [3.05, 3.63) is 57.8 Å². The maximum Gasteiger partial charge on any atom is 0.140 e. The summed E-state index contributed by atoms with van der Waals surface area (Å²) in [7, 11) is 0. The number of rotatable bonds is 4. The van der Waals surface area contributed by atoms with Crippen molar-refractivity contribution in [2.75, 3.05) is 0 Å².